The van der Waals surface area contributed by atoms with E-state index in [0.29, 0.717) is 10.8 Å². The topological polar surface area (TPSA) is 0 Å². The molecule has 0 bridgehead atoms. The Morgan fingerprint density at radius 1 is 0.882 bits per heavy atom. The van der Waals surface area contributed by atoms with Gasteiger partial charge >= 0.3 is 0 Å². The monoisotopic (exact) mass is 234 g/mol. The Bertz CT molecular complexity index is 233. The van der Waals surface area contributed by atoms with Gasteiger partial charge in [0, 0.05) is 0 Å². The van der Waals surface area contributed by atoms with Gasteiger partial charge in [-0.05, 0) is 42.9 Å². The molecule has 0 aliphatic heterocycles. The van der Waals surface area contributed by atoms with Gasteiger partial charge in [0.05, 0.1) is 0 Å². The highest BCUT2D eigenvalue weighted by molar-refractivity contribution is 5.09. The van der Waals surface area contributed by atoms with Gasteiger partial charge < -0.3 is 0 Å². The Morgan fingerprint density at radius 3 is 1.88 bits per heavy atom. The Hall–Kier alpha value is -0.260. The maximum atomic E-state index is 4.26. The molecular formula is C17H30. The first-order chi connectivity index (χ1) is 8.29. The van der Waals surface area contributed by atoms with E-state index in [1.807, 2.05) is 0 Å². The van der Waals surface area contributed by atoms with Crippen molar-refractivity contribution in [2.75, 3.05) is 0 Å². The third-order valence-electron chi connectivity index (χ3n) is 5.73. The summed E-state index contributed by atoms with van der Waals surface area (Å²) in [7, 11) is 0. The number of allylic oxidation sites excluding steroid dienone is 1. The van der Waals surface area contributed by atoms with Crippen LogP contribution in [0.1, 0.15) is 84.0 Å². The highest BCUT2D eigenvalue weighted by Crippen LogP contribution is 2.59. The van der Waals surface area contributed by atoms with E-state index in [0.717, 1.165) is 0 Å². The lowest BCUT2D eigenvalue weighted by Crippen LogP contribution is -2.43. The summed E-state index contributed by atoms with van der Waals surface area (Å²) in [6.07, 6.45) is 19.7. The fourth-order valence-electron chi connectivity index (χ4n) is 4.84. The Kier molecular flexibility index (Phi) is 4.33. The molecule has 2 fully saturated rings. The molecule has 0 atom stereocenters. The van der Waals surface area contributed by atoms with Gasteiger partial charge in [0.25, 0.3) is 0 Å². The fourth-order valence-corrected chi connectivity index (χ4v) is 4.84. The SMILES string of the molecule is C=CC1(C2(CCC)CCCCC2)CCCCC1. The lowest BCUT2D eigenvalue weighted by atomic mass is 9.51. The summed E-state index contributed by atoms with van der Waals surface area (Å²) in [5.74, 6) is 0. The van der Waals surface area contributed by atoms with Crippen LogP contribution in [-0.2, 0) is 0 Å². The molecule has 0 saturated heterocycles. The van der Waals surface area contributed by atoms with Crippen LogP contribution < -0.4 is 0 Å². The van der Waals surface area contributed by atoms with Crippen molar-refractivity contribution in [3.63, 3.8) is 0 Å². The molecule has 2 rings (SSSR count). The first-order valence-corrected chi connectivity index (χ1v) is 7.92. The van der Waals surface area contributed by atoms with Crippen LogP contribution >= 0.6 is 0 Å². The molecule has 0 N–H and O–H groups in total. The van der Waals surface area contributed by atoms with Crippen LogP contribution in [0, 0.1) is 10.8 Å². The average molecular weight is 234 g/mol. The predicted molar refractivity (Wildman–Crippen MR) is 76.1 cm³/mol. The summed E-state index contributed by atoms with van der Waals surface area (Å²) in [4.78, 5) is 0. The minimum absolute atomic E-state index is 0.502. The van der Waals surface area contributed by atoms with Crippen LogP contribution in [0.25, 0.3) is 0 Å². The zero-order valence-electron chi connectivity index (χ0n) is 11.8. The highest BCUT2D eigenvalue weighted by Gasteiger charge is 2.48. The largest absolute Gasteiger partial charge is 0.103 e. The minimum atomic E-state index is 0.502. The lowest BCUT2D eigenvalue weighted by Gasteiger charge is -2.54. The molecule has 2 saturated carbocycles. The molecule has 98 valence electrons. The van der Waals surface area contributed by atoms with E-state index in [1.165, 1.54) is 77.0 Å². The van der Waals surface area contributed by atoms with Crippen LogP contribution in [0.4, 0.5) is 0 Å². The fraction of sp³-hybridized carbons (Fsp3) is 0.882. The quantitative estimate of drug-likeness (QED) is 0.533. The van der Waals surface area contributed by atoms with Gasteiger partial charge in [-0.15, -0.1) is 6.58 Å². The molecule has 0 spiro atoms. The third kappa shape index (κ3) is 2.33. The molecule has 0 aromatic heterocycles. The van der Waals surface area contributed by atoms with Crippen molar-refractivity contribution in [2.24, 2.45) is 10.8 Å². The van der Waals surface area contributed by atoms with E-state index in [2.05, 4.69) is 19.6 Å². The maximum absolute atomic E-state index is 4.26. The number of hydrogen-bond acceptors (Lipinski definition) is 0. The van der Waals surface area contributed by atoms with Crippen molar-refractivity contribution < 1.29 is 0 Å². The van der Waals surface area contributed by atoms with Gasteiger partial charge in [-0.25, -0.2) is 0 Å². The van der Waals surface area contributed by atoms with Crippen molar-refractivity contribution >= 4 is 0 Å². The zero-order valence-corrected chi connectivity index (χ0v) is 11.8. The summed E-state index contributed by atoms with van der Waals surface area (Å²) in [6.45, 7) is 6.63. The second kappa shape index (κ2) is 5.59. The smallest absolute Gasteiger partial charge is 0.00645 e. The molecular weight excluding hydrogens is 204 g/mol. The second-order valence-electron chi connectivity index (χ2n) is 6.51. The Labute approximate surface area is 108 Å². The predicted octanol–water partition coefficient (Wildman–Crippen LogP) is 5.87. The average Bonchev–Trinajstić information content (AvgIpc) is 2.41. The summed E-state index contributed by atoms with van der Waals surface area (Å²) < 4.78 is 0. The van der Waals surface area contributed by atoms with E-state index < -0.39 is 0 Å². The molecule has 0 nitrogen and oxygen atoms in total. The molecule has 2 aliphatic rings. The highest BCUT2D eigenvalue weighted by atomic mass is 14.5. The molecule has 2 aliphatic carbocycles. The zero-order chi connectivity index (χ0) is 12.2. The van der Waals surface area contributed by atoms with Crippen LogP contribution in [-0.4, -0.2) is 0 Å². The normalized spacial score (nSPS) is 27.6. The second-order valence-corrected chi connectivity index (χ2v) is 6.51. The van der Waals surface area contributed by atoms with Crippen LogP contribution in [0.3, 0.4) is 0 Å². The van der Waals surface area contributed by atoms with Crippen molar-refractivity contribution in [3.8, 4) is 0 Å². The van der Waals surface area contributed by atoms with Crippen molar-refractivity contribution in [1.29, 1.82) is 0 Å². The van der Waals surface area contributed by atoms with E-state index >= 15 is 0 Å². The molecule has 0 radical (unpaired) electrons. The van der Waals surface area contributed by atoms with Crippen molar-refractivity contribution in [2.45, 2.75) is 84.0 Å². The van der Waals surface area contributed by atoms with Crippen LogP contribution in [0.15, 0.2) is 12.7 Å². The van der Waals surface area contributed by atoms with E-state index in [9.17, 15) is 0 Å². The van der Waals surface area contributed by atoms with E-state index in [-0.39, 0.29) is 0 Å². The third-order valence-corrected chi connectivity index (χ3v) is 5.73. The van der Waals surface area contributed by atoms with Crippen LogP contribution in [0.5, 0.6) is 0 Å². The summed E-state index contributed by atoms with van der Waals surface area (Å²) in [5.41, 5.74) is 1.13. The number of rotatable bonds is 4. The molecule has 0 aromatic rings. The van der Waals surface area contributed by atoms with Gasteiger partial charge in [0.2, 0.25) is 0 Å². The molecule has 0 unspecified atom stereocenters. The van der Waals surface area contributed by atoms with Gasteiger partial charge in [-0.2, -0.15) is 0 Å². The summed E-state index contributed by atoms with van der Waals surface area (Å²) >= 11 is 0. The first kappa shape index (κ1) is 13.2. The molecule has 0 heteroatoms. The Morgan fingerprint density at radius 2 is 1.41 bits per heavy atom. The van der Waals surface area contributed by atoms with Gasteiger partial charge in [-0.1, -0.05) is 57.9 Å². The first-order valence-electron chi connectivity index (χ1n) is 7.92. The van der Waals surface area contributed by atoms with Crippen molar-refractivity contribution in [3.05, 3.63) is 12.7 Å². The van der Waals surface area contributed by atoms with E-state index in [4.69, 9.17) is 0 Å². The molecule has 17 heavy (non-hydrogen) atoms. The molecule has 0 heterocycles. The standard InChI is InChI=1S/C17H30/c1-3-11-17(14-9-6-10-15-17)16(4-2)12-7-5-8-13-16/h4H,2-3,5-15H2,1H3. The van der Waals surface area contributed by atoms with E-state index in [1.54, 1.807) is 0 Å². The molecule has 0 aromatic carbocycles. The van der Waals surface area contributed by atoms with Gasteiger partial charge in [-0.3, -0.25) is 0 Å². The van der Waals surface area contributed by atoms with Crippen molar-refractivity contribution in [1.82, 2.24) is 0 Å². The summed E-state index contributed by atoms with van der Waals surface area (Å²) in [6, 6.07) is 0. The maximum Gasteiger partial charge on any atom is -0.00645 e. The Balaban J connectivity index is 2.24. The minimum Gasteiger partial charge on any atom is -0.103 e. The van der Waals surface area contributed by atoms with Crippen LogP contribution in [0.2, 0.25) is 0 Å². The summed E-state index contributed by atoms with van der Waals surface area (Å²) in [5, 5.41) is 0. The van der Waals surface area contributed by atoms with Gasteiger partial charge in [0.1, 0.15) is 0 Å². The van der Waals surface area contributed by atoms with Gasteiger partial charge in [0.15, 0.2) is 0 Å². The molecule has 0 amide bonds. The lowest BCUT2D eigenvalue weighted by molar-refractivity contribution is -0.00377. The number of hydrogen-bond donors (Lipinski definition) is 0.